The summed E-state index contributed by atoms with van der Waals surface area (Å²) >= 11 is 0. The van der Waals surface area contributed by atoms with E-state index in [2.05, 4.69) is 22.9 Å². The van der Waals surface area contributed by atoms with E-state index in [-0.39, 0.29) is 23.7 Å². The number of nitrogens with one attached hydrogen (secondary N) is 3. The average Bonchev–Trinajstić information content (AvgIpc) is 2.63. The van der Waals surface area contributed by atoms with E-state index in [4.69, 9.17) is 4.74 Å². The maximum absolute atomic E-state index is 12.9. The van der Waals surface area contributed by atoms with Gasteiger partial charge in [0.25, 0.3) is 0 Å². The summed E-state index contributed by atoms with van der Waals surface area (Å²) in [6.45, 7) is 12.3. The highest BCUT2D eigenvalue weighted by Gasteiger charge is 2.30. The first-order valence-electron chi connectivity index (χ1n) is 10.6. The lowest BCUT2D eigenvalue weighted by Crippen LogP contribution is -2.57. The number of esters is 1. The van der Waals surface area contributed by atoms with Gasteiger partial charge >= 0.3 is 5.97 Å². The predicted molar refractivity (Wildman–Crippen MR) is 112 cm³/mol. The highest BCUT2D eigenvalue weighted by atomic mass is 16.5. The summed E-state index contributed by atoms with van der Waals surface area (Å²) in [5.41, 5.74) is 0. The third kappa shape index (κ3) is 10.6. The molecule has 0 fully saturated rings. The first-order chi connectivity index (χ1) is 13.1. The van der Waals surface area contributed by atoms with Crippen LogP contribution in [0, 0.1) is 11.8 Å². The van der Waals surface area contributed by atoms with Crippen LogP contribution >= 0.6 is 0 Å². The molecule has 3 N–H and O–H groups in total. The van der Waals surface area contributed by atoms with Gasteiger partial charge in [-0.1, -0.05) is 53.9 Å². The van der Waals surface area contributed by atoms with E-state index in [0.29, 0.717) is 13.0 Å². The Morgan fingerprint density at radius 1 is 0.929 bits per heavy atom. The van der Waals surface area contributed by atoms with Gasteiger partial charge in [-0.3, -0.25) is 19.7 Å². The smallest absolute Gasteiger partial charge is 0.322 e. The Morgan fingerprint density at radius 2 is 1.57 bits per heavy atom. The quantitative estimate of drug-likeness (QED) is 0.308. The first kappa shape index (κ1) is 26.4. The Morgan fingerprint density at radius 3 is 2.07 bits per heavy atom. The molecule has 0 aliphatic carbocycles. The van der Waals surface area contributed by atoms with Crippen LogP contribution in [0.15, 0.2) is 0 Å². The fraction of sp³-hybridized carbons (Fsp3) is 0.857. The van der Waals surface area contributed by atoms with Crippen LogP contribution in [0.3, 0.4) is 0 Å². The fourth-order valence-electron chi connectivity index (χ4n) is 2.93. The van der Waals surface area contributed by atoms with Crippen molar-refractivity contribution in [3.63, 3.8) is 0 Å². The number of unbranched alkanes of at least 4 members (excludes halogenated alkanes) is 3. The molecule has 0 spiro atoms. The molecule has 0 aromatic carbocycles. The summed E-state index contributed by atoms with van der Waals surface area (Å²) < 4.78 is 4.73. The van der Waals surface area contributed by atoms with Crippen LogP contribution in [0.25, 0.3) is 0 Å². The maximum Gasteiger partial charge on any atom is 0.322 e. The van der Waals surface area contributed by atoms with Crippen LogP contribution in [0.5, 0.6) is 0 Å². The molecular weight excluding hydrogens is 358 g/mol. The molecule has 0 saturated heterocycles. The number of rotatable bonds is 14. The largest absolute Gasteiger partial charge is 0.468 e. The number of amides is 2. The molecule has 7 heteroatoms. The molecule has 3 atom stereocenters. The second-order valence-corrected chi connectivity index (χ2v) is 8.18. The number of ether oxygens (including phenoxy) is 1. The Kier molecular flexibility index (Phi) is 13.5. The first-order valence-corrected chi connectivity index (χ1v) is 10.6. The number of carbonyl (C=O) groups excluding carboxylic acids is 3. The van der Waals surface area contributed by atoms with Crippen molar-refractivity contribution in [2.24, 2.45) is 11.8 Å². The molecule has 0 saturated carbocycles. The van der Waals surface area contributed by atoms with Crippen LogP contribution < -0.4 is 16.0 Å². The van der Waals surface area contributed by atoms with Gasteiger partial charge in [0, 0.05) is 6.54 Å². The van der Waals surface area contributed by atoms with Crippen molar-refractivity contribution >= 4 is 17.8 Å². The Hall–Kier alpha value is -1.63. The van der Waals surface area contributed by atoms with Crippen LogP contribution in [0.2, 0.25) is 0 Å². The molecule has 28 heavy (non-hydrogen) atoms. The third-order valence-electron chi connectivity index (χ3n) is 4.61. The fourth-order valence-corrected chi connectivity index (χ4v) is 2.93. The van der Waals surface area contributed by atoms with Crippen molar-refractivity contribution in [2.75, 3.05) is 13.7 Å². The van der Waals surface area contributed by atoms with Gasteiger partial charge in [0.2, 0.25) is 11.8 Å². The van der Waals surface area contributed by atoms with Gasteiger partial charge in [-0.15, -0.1) is 0 Å². The molecule has 0 unspecified atom stereocenters. The van der Waals surface area contributed by atoms with E-state index in [1.165, 1.54) is 7.11 Å². The van der Waals surface area contributed by atoms with E-state index >= 15 is 0 Å². The molecule has 0 aromatic heterocycles. The number of methoxy groups -OCH3 is 1. The molecule has 0 rings (SSSR count). The zero-order valence-corrected chi connectivity index (χ0v) is 18.8. The van der Waals surface area contributed by atoms with Gasteiger partial charge in [0.05, 0.1) is 13.2 Å². The summed E-state index contributed by atoms with van der Waals surface area (Å²) in [7, 11) is 1.32. The second kappa shape index (κ2) is 14.4. The number of carbonyl (C=O) groups is 3. The number of hydrogen-bond acceptors (Lipinski definition) is 5. The average molecular weight is 400 g/mol. The topological polar surface area (TPSA) is 96.5 Å². The monoisotopic (exact) mass is 399 g/mol. The highest BCUT2D eigenvalue weighted by molar-refractivity contribution is 5.90. The van der Waals surface area contributed by atoms with Gasteiger partial charge in [0.1, 0.15) is 12.1 Å². The Labute approximate surface area is 170 Å². The minimum Gasteiger partial charge on any atom is -0.468 e. The highest BCUT2D eigenvalue weighted by Crippen LogP contribution is 2.09. The lowest BCUT2D eigenvalue weighted by atomic mass is 9.99. The molecule has 0 bridgehead atoms. The van der Waals surface area contributed by atoms with Crippen molar-refractivity contribution in [3.8, 4) is 0 Å². The van der Waals surface area contributed by atoms with E-state index in [9.17, 15) is 14.4 Å². The summed E-state index contributed by atoms with van der Waals surface area (Å²) in [6, 6.07) is -1.79. The molecule has 0 radical (unpaired) electrons. The summed E-state index contributed by atoms with van der Waals surface area (Å²) in [6.07, 6.45) is 4.87. The molecule has 0 aromatic rings. The molecule has 0 heterocycles. The van der Waals surface area contributed by atoms with Crippen molar-refractivity contribution in [1.82, 2.24) is 16.0 Å². The Bertz CT molecular complexity index is 480. The molecule has 164 valence electrons. The number of hydrogen-bond donors (Lipinski definition) is 3. The lowest BCUT2D eigenvalue weighted by molar-refractivity contribution is -0.143. The van der Waals surface area contributed by atoms with Crippen LogP contribution in [0.4, 0.5) is 0 Å². The second-order valence-electron chi connectivity index (χ2n) is 8.18. The van der Waals surface area contributed by atoms with E-state index < -0.39 is 24.1 Å². The van der Waals surface area contributed by atoms with E-state index in [1.807, 2.05) is 27.7 Å². The van der Waals surface area contributed by atoms with Gasteiger partial charge in [-0.25, -0.2) is 0 Å². The molecular formula is C21H41N3O4. The van der Waals surface area contributed by atoms with Gasteiger partial charge in [-0.05, 0) is 31.6 Å². The van der Waals surface area contributed by atoms with Gasteiger partial charge in [-0.2, -0.15) is 0 Å². The van der Waals surface area contributed by atoms with Crippen LogP contribution in [-0.2, 0) is 19.1 Å². The molecule has 7 nitrogen and oxygen atoms in total. The van der Waals surface area contributed by atoms with E-state index in [1.54, 1.807) is 6.92 Å². The van der Waals surface area contributed by atoms with Crippen molar-refractivity contribution in [3.05, 3.63) is 0 Å². The van der Waals surface area contributed by atoms with Crippen LogP contribution in [0.1, 0.15) is 73.6 Å². The zero-order chi connectivity index (χ0) is 21.7. The van der Waals surface area contributed by atoms with Crippen molar-refractivity contribution in [2.45, 2.75) is 91.8 Å². The van der Waals surface area contributed by atoms with Gasteiger partial charge in [0.15, 0.2) is 0 Å². The SMILES string of the molecule is CCCCCCNC(=O)[C@@H](NC(=O)[C@H](CC(C)C)N[C@@H](C)C(=O)OC)C(C)C. The lowest BCUT2D eigenvalue weighted by Gasteiger charge is -2.27. The molecule has 0 aliphatic heterocycles. The van der Waals surface area contributed by atoms with E-state index in [0.717, 1.165) is 25.7 Å². The van der Waals surface area contributed by atoms with Crippen LogP contribution in [-0.4, -0.2) is 49.6 Å². The summed E-state index contributed by atoms with van der Waals surface area (Å²) in [4.78, 5) is 37.1. The van der Waals surface area contributed by atoms with Gasteiger partial charge < -0.3 is 15.4 Å². The van der Waals surface area contributed by atoms with Crippen molar-refractivity contribution < 1.29 is 19.1 Å². The van der Waals surface area contributed by atoms with Crippen molar-refractivity contribution in [1.29, 1.82) is 0 Å². The summed E-state index contributed by atoms with van der Waals surface area (Å²) in [5, 5.41) is 8.83. The molecule has 0 aliphatic rings. The standard InChI is InChI=1S/C21H41N3O4/c1-8-9-10-11-12-22-20(26)18(15(4)5)24-19(25)17(13-14(2)3)23-16(6)21(27)28-7/h14-18,23H,8-13H2,1-7H3,(H,22,26)(H,24,25)/t16-,17-,18-/m0/s1. The minimum absolute atomic E-state index is 0.0441. The molecule has 2 amide bonds. The summed E-state index contributed by atoms with van der Waals surface area (Å²) in [5.74, 6) is -0.657. The Balaban J connectivity index is 4.93. The zero-order valence-electron chi connectivity index (χ0n) is 18.8. The third-order valence-corrected chi connectivity index (χ3v) is 4.61. The predicted octanol–water partition coefficient (Wildman–Crippen LogP) is 2.39. The minimum atomic E-state index is -0.608. The normalized spacial score (nSPS) is 14.5. The maximum atomic E-state index is 12.9.